The van der Waals surface area contributed by atoms with Gasteiger partial charge in [0.1, 0.15) is 11.5 Å². The molecule has 0 saturated carbocycles. The molecule has 1 saturated heterocycles. The maximum absolute atomic E-state index is 13.9. The highest BCUT2D eigenvalue weighted by Crippen LogP contribution is 2.38. The number of nitrogens with zero attached hydrogens (tertiary/aromatic N) is 4. The van der Waals surface area contributed by atoms with E-state index in [-0.39, 0.29) is 41.9 Å². The lowest BCUT2D eigenvalue weighted by atomic mass is 9.95. The summed E-state index contributed by atoms with van der Waals surface area (Å²) in [5.74, 6) is 3.88. The van der Waals surface area contributed by atoms with E-state index >= 15 is 0 Å². The Morgan fingerprint density at radius 3 is 2.26 bits per heavy atom. The van der Waals surface area contributed by atoms with Gasteiger partial charge in [0.25, 0.3) is 5.92 Å². The molecule has 0 unspecified atom stereocenters. The number of rotatable bonds is 5. The van der Waals surface area contributed by atoms with Gasteiger partial charge in [0.05, 0.1) is 13.1 Å². The van der Waals surface area contributed by atoms with E-state index in [2.05, 4.69) is 9.97 Å². The molecule has 3 rings (SSSR count). The molecule has 0 amide bonds. The Labute approximate surface area is 204 Å². The minimum absolute atomic E-state index is 0.00838. The normalized spacial score (nSPS) is 16.6. The van der Waals surface area contributed by atoms with Gasteiger partial charge in [-0.2, -0.15) is 13.2 Å². The van der Waals surface area contributed by atoms with Crippen molar-refractivity contribution in [2.75, 3.05) is 28.7 Å². The van der Waals surface area contributed by atoms with Gasteiger partial charge in [-0.25, -0.2) is 24.6 Å². The van der Waals surface area contributed by atoms with Crippen molar-refractivity contribution in [3.8, 4) is 0 Å². The number of nitrogen functional groups attached to an aromatic ring is 1. The first-order valence-electron chi connectivity index (χ1n) is 10.6. The van der Waals surface area contributed by atoms with Gasteiger partial charge in [0.15, 0.2) is 17.3 Å². The van der Waals surface area contributed by atoms with Crippen LogP contribution >= 0.6 is 11.6 Å². The fourth-order valence-electron chi connectivity index (χ4n) is 3.51. The average molecular weight is 523 g/mol. The Kier molecular flexibility index (Phi) is 6.87. The molecule has 1 aromatic heterocycles. The third kappa shape index (κ3) is 5.52. The van der Waals surface area contributed by atoms with Crippen molar-refractivity contribution >= 4 is 28.9 Å². The third-order valence-electron chi connectivity index (χ3n) is 5.66. The molecule has 0 bridgehead atoms. The van der Waals surface area contributed by atoms with Crippen molar-refractivity contribution in [2.45, 2.75) is 56.9 Å². The number of hydrogen-bond donors (Lipinski definition) is 4. The minimum atomic E-state index is -4.90. The number of halogens is 6. The number of alkyl halides is 5. The van der Waals surface area contributed by atoms with E-state index in [9.17, 15) is 22.0 Å². The number of hydrazine groups is 1. The first kappa shape index (κ1) is 27.1. The topological polar surface area (TPSA) is 136 Å². The lowest BCUT2D eigenvalue weighted by Gasteiger charge is -2.29. The first-order valence-corrected chi connectivity index (χ1v) is 11.0. The van der Waals surface area contributed by atoms with E-state index in [1.54, 1.807) is 0 Å². The van der Waals surface area contributed by atoms with Gasteiger partial charge in [0.2, 0.25) is 0 Å². The molecule has 0 aliphatic carbocycles. The summed E-state index contributed by atoms with van der Waals surface area (Å²) in [4.78, 5) is 10.3. The number of hydrogen-bond acceptors (Lipinski definition) is 8. The molecule has 0 atom stereocenters. The SMILES string of the molecule is CC(C)(C)c1nc(N(N)Cc2ccc(C(N)(N)C(F)(F)F)cc2Cl)c(N)c(N2CCC(F)(F)C2)n1. The van der Waals surface area contributed by atoms with Crippen molar-refractivity contribution in [3.05, 3.63) is 40.2 Å². The van der Waals surface area contributed by atoms with Gasteiger partial charge in [0, 0.05) is 23.4 Å². The maximum atomic E-state index is 13.9. The molecule has 0 spiro atoms. The monoisotopic (exact) mass is 522 g/mol. The summed E-state index contributed by atoms with van der Waals surface area (Å²) in [6.07, 6.45) is -5.24. The zero-order valence-electron chi connectivity index (χ0n) is 19.4. The van der Waals surface area contributed by atoms with Crippen LogP contribution in [0.25, 0.3) is 0 Å². The summed E-state index contributed by atoms with van der Waals surface area (Å²) >= 11 is 6.21. The standard InChI is InChI=1S/C21H28ClF5N8/c1-18(2,3)17-32-15(34-7-6-19(23,24)10-34)14(28)16(33-17)35(31)9-11-4-5-12(8-13(11)22)20(29,30)21(25,26)27/h4-5,8H,6-7,9-10,28-31H2,1-3H3. The largest absolute Gasteiger partial charge is 0.423 e. The number of nitrogens with two attached hydrogens (primary N) is 4. The molecule has 1 aromatic carbocycles. The molecular weight excluding hydrogens is 495 g/mol. The van der Waals surface area contributed by atoms with E-state index < -0.39 is 35.3 Å². The zero-order valence-corrected chi connectivity index (χ0v) is 20.2. The van der Waals surface area contributed by atoms with Crippen LogP contribution < -0.4 is 33.0 Å². The molecule has 14 heteroatoms. The van der Waals surface area contributed by atoms with Crippen molar-refractivity contribution in [2.24, 2.45) is 17.3 Å². The lowest BCUT2D eigenvalue weighted by molar-refractivity contribution is -0.188. The van der Waals surface area contributed by atoms with Crippen LogP contribution in [0.4, 0.5) is 39.3 Å². The number of aromatic nitrogens is 2. The Balaban J connectivity index is 1.97. The van der Waals surface area contributed by atoms with Crippen molar-refractivity contribution in [1.29, 1.82) is 0 Å². The van der Waals surface area contributed by atoms with Crippen LogP contribution in [-0.2, 0) is 17.6 Å². The molecule has 1 fully saturated rings. The average Bonchev–Trinajstić information content (AvgIpc) is 3.07. The second-order valence-electron chi connectivity index (χ2n) is 9.69. The van der Waals surface area contributed by atoms with Gasteiger partial charge < -0.3 is 22.1 Å². The molecule has 2 heterocycles. The van der Waals surface area contributed by atoms with Gasteiger partial charge in [-0.1, -0.05) is 44.5 Å². The molecule has 2 aromatic rings. The third-order valence-corrected chi connectivity index (χ3v) is 6.01. The summed E-state index contributed by atoms with van der Waals surface area (Å²) in [6, 6.07) is 3.42. The van der Waals surface area contributed by atoms with Crippen LogP contribution in [0.5, 0.6) is 0 Å². The Morgan fingerprint density at radius 1 is 1.14 bits per heavy atom. The first-order chi connectivity index (χ1) is 15.8. The highest BCUT2D eigenvalue weighted by Gasteiger charge is 2.50. The van der Waals surface area contributed by atoms with Crippen molar-refractivity contribution in [3.63, 3.8) is 0 Å². The van der Waals surface area contributed by atoms with E-state index in [1.165, 1.54) is 11.0 Å². The fourth-order valence-corrected chi connectivity index (χ4v) is 3.75. The van der Waals surface area contributed by atoms with Crippen molar-refractivity contribution in [1.82, 2.24) is 9.97 Å². The number of benzene rings is 1. The van der Waals surface area contributed by atoms with Crippen LogP contribution in [0.2, 0.25) is 5.02 Å². The van der Waals surface area contributed by atoms with Crippen LogP contribution in [0.1, 0.15) is 44.1 Å². The van der Waals surface area contributed by atoms with Crippen LogP contribution in [0, 0.1) is 0 Å². The molecule has 194 valence electrons. The second kappa shape index (κ2) is 8.87. The van der Waals surface area contributed by atoms with Crippen LogP contribution in [0.15, 0.2) is 18.2 Å². The van der Waals surface area contributed by atoms with E-state index in [1.807, 2.05) is 20.8 Å². The lowest BCUT2D eigenvalue weighted by Crippen LogP contribution is -2.57. The molecule has 35 heavy (non-hydrogen) atoms. The summed E-state index contributed by atoms with van der Waals surface area (Å²) < 4.78 is 67.3. The Bertz CT molecular complexity index is 1100. The van der Waals surface area contributed by atoms with E-state index in [0.29, 0.717) is 11.4 Å². The smallest absolute Gasteiger partial charge is 0.393 e. The van der Waals surface area contributed by atoms with E-state index in [0.717, 1.165) is 17.1 Å². The molecule has 8 N–H and O–H groups in total. The van der Waals surface area contributed by atoms with Gasteiger partial charge in [-0.15, -0.1) is 0 Å². The minimum Gasteiger partial charge on any atom is -0.393 e. The van der Waals surface area contributed by atoms with Gasteiger partial charge in [-0.05, 0) is 17.2 Å². The highest BCUT2D eigenvalue weighted by molar-refractivity contribution is 6.31. The maximum Gasteiger partial charge on any atom is 0.423 e. The Morgan fingerprint density at radius 2 is 1.77 bits per heavy atom. The molecule has 8 nitrogen and oxygen atoms in total. The zero-order chi connectivity index (χ0) is 26.6. The predicted molar refractivity (Wildman–Crippen MR) is 125 cm³/mol. The summed E-state index contributed by atoms with van der Waals surface area (Å²) in [5.41, 5.74) is 13.0. The second-order valence-corrected chi connectivity index (χ2v) is 10.1. The quantitative estimate of drug-likeness (QED) is 0.203. The van der Waals surface area contributed by atoms with Crippen LogP contribution in [0.3, 0.4) is 0 Å². The predicted octanol–water partition coefficient (Wildman–Crippen LogP) is 3.37. The van der Waals surface area contributed by atoms with Crippen LogP contribution in [-0.4, -0.2) is 35.2 Å². The molecular formula is C21H28ClF5N8. The Hall–Kier alpha value is -2.48. The van der Waals surface area contributed by atoms with Gasteiger partial charge in [-0.3, -0.25) is 5.01 Å². The fraction of sp³-hybridized carbons (Fsp3) is 0.524. The summed E-state index contributed by atoms with van der Waals surface area (Å²) in [7, 11) is 0. The molecule has 0 radical (unpaired) electrons. The molecule has 1 aliphatic heterocycles. The van der Waals surface area contributed by atoms with Gasteiger partial charge >= 0.3 is 6.18 Å². The number of anilines is 3. The summed E-state index contributed by atoms with van der Waals surface area (Å²) in [5, 5.41) is 1.07. The molecule has 1 aliphatic rings. The summed E-state index contributed by atoms with van der Waals surface area (Å²) in [6.45, 7) is 4.91. The highest BCUT2D eigenvalue weighted by atomic mass is 35.5. The van der Waals surface area contributed by atoms with E-state index in [4.69, 9.17) is 34.6 Å². The van der Waals surface area contributed by atoms with Crippen molar-refractivity contribution < 1.29 is 22.0 Å².